The topological polar surface area (TPSA) is 70.1 Å². The molecule has 0 N–H and O–H groups in total. The number of nitriles is 1. The highest BCUT2D eigenvalue weighted by atomic mass is 19.1. The first-order valence-corrected chi connectivity index (χ1v) is 8.85. The molecule has 1 amide bonds. The summed E-state index contributed by atoms with van der Waals surface area (Å²) in [5, 5.41) is 13.5. The minimum absolute atomic E-state index is 0.0805. The van der Waals surface area contributed by atoms with Crippen LogP contribution in [0.15, 0.2) is 64.7 Å². The third-order valence-electron chi connectivity index (χ3n) is 4.70. The molecule has 138 valence electrons. The predicted octanol–water partition coefficient (Wildman–Crippen LogP) is 3.97. The Morgan fingerprint density at radius 1 is 1.18 bits per heavy atom. The summed E-state index contributed by atoms with van der Waals surface area (Å²) in [7, 11) is 0. The van der Waals surface area contributed by atoms with Crippen molar-refractivity contribution >= 4 is 12.0 Å². The zero-order chi connectivity index (χ0) is 19.5. The van der Waals surface area contributed by atoms with Gasteiger partial charge in [-0.1, -0.05) is 35.5 Å². The SMILES string of the molecule is N#C/C(=C\c1ccccc1)C(=O)N1CCc2c(noc2-c2ccc(F)cc2)C1. The smallest absolute Gasteiger partial charge is 0.264 e. The van der Waals surface area contributed by atoms with Crippen LogP contribution in [0.3, 0.4) is 0 Å². The van der Waals surface area contributed by atoms with Crippen LogP contribution in [0, 0.1) is 17.1 Å². The Hall–Kier alpha value is -3.72. The summed E-state index contributed by atoms with van der Waals surface area (Å²) < 4.78 is 18.6. The summed E-state index contributed by atoms with van der Waals surface area (Å²) in [5.74, 6) is -0.0473. The van der Waals surface area contributed by atoms with Crippen molar-refractivity contribution in [1.29, 1.82) is 5.26 Å². The second-order valence-corrected chi connectivity index (χ2v) is 6.50. The van der Waals surface area contributed by atoms with Crippen molar-refractivity contribution in [3.63, 3.8) is 0 Å². The van der Waals surface area contributed by atoms with Crippen LogP contribution in [-0.4, -0.2) is 22.5 Å². The van der Waals surface area contributed by atoms with Crippen LogP contribution >= 0.6 is 0 Å². The molecule has 0 fully saturated rings. The van der Waals surface area contributed by atoms with Crippen molar-refractivity contribution < 1.29 is 13.7 Å². The second kappa shape index (κ2) is 7.49. The molecule has 0 atom stereocenters. The lowest BCUT2D eigenvalue weighted by Gasteiger charge is -2.25. The average molecular weight is 373 g/mol. The molecule has 1 aliphatic rings. The van der Waals surface area contributed by atoms with Crippen LogP contribution in [-0.2, 0) is 17.8 Å². The van der Waals surface area contributed by atoms with Gasteiger partial charge in [-0.3, -0.25) is 4.79 Å². The van der Waals surface area contributed by atoms with Crippen LogP contribution in [0.5, 0.6) is 0 Å². The first kappa shape index (κ1) is 17.7. The van der Waals surface area contributed by atoms with Gasteiger partial charge in [0.25, 0.3) is 5.91 Å². The molecule has 0 aliphatic carbocycles. The van der Waals surface area contributed by atoms with Crippen LogP contribution in [0.2, 0.25) is 0 Å². The summed E-state index contributed by atoms with van der Waals surface area (Å²) in [6.07, 6.45) is 2.14. The maximum Gasteiger partial charge on any atom is 0.264 e. The maximum absolute atomic E-state index is 13.2. The molecule has 0 spiro atoms. The lowest BCUT2D eigenvalue weighted by atomic mass is 10.00. The summed E-state index contributed by atoms with van der Waals surface area (Å²) in [5.41, 5.74) is 3.20. The largest absolute Gasteiger partial charge is 0.356 e. The Kier molecular flexibility index (Phi) is 4.73. The third kappa shape index (κ3) is 3.42. The van der Waals surface area contributed by atoms with E-state index >= 15 is 0 Å². The van der Waals surface area contributed by atoms with Gasteiger partial charge in [-0.05, 0) is 42.3 Å². The third-order valence-corrected chi connectivity index (χ3v) is 4.70. The molecule has 0 saturated heterocycles. The average Bonchev–Trinajstić information content (AvgIpc) is 3.16. The first-order chi connectivity index (χ1) is 13.7. The van der Waals surface area contributed by atoms with E-state index in [-0.39, 0.29) is 23.8 Å². The van der Waals surface area contributed by atoms with Gasteiger partial charge in [0, 0.05) is 17.7 Å². The van der Waals surface area contributed by atoms with Gasteiger partial charge < -0.3 is 9.42 Å². The normalized spacial score (nSPS) is 13.7. The summed E-state index contributed by atoms with van der Waals surface area (Å²) in [6, 6.07) is 17.3. The highest BCUT2D eigenvalue weighted by molar-refractivity contribution is 6.01. The Labute approximate surface area is 161 Å². The molecular formula is C22H16FN3O2. The lowest BCUT2D eigenvalue weighted by Crippen LogP contribution is -2.36. The molecule has 0 bridgehead atoms. The second-order valence-electron chi connectivity index (χ2n) is 6.50. The Balaban J connectivity index is 1.56. The number of benzene rings is 2. The van der Waals surface area contributed by atoms with Gasteiger partial charge in [0.1, 0.15) is 23.2 Å². The fraction of sp³-hybridized carbons (Fsp3) is 0.136. The molecule has 3 aromatic rings. The van der Waals surface area contributed by atoms with Crippen molar-refractivity contribution in [2.45, 2.75) is 13.0 Å². The molecule has 0 unspecified atom stereocenters. The molecule has 28 heavy (non-hydrogen) atoms. The van der Waals surface area contributed by atoms with Crippen LogP contribution < -0.4 is 0 Å². The molecule has 4 rings (SSSR count). The van der Waals surface area contributed by atoms with E-state index in [0.717, 1.165) is 16.7 Å². The maximum atomic E-state index is 13.2. The molecule has 2 heterocycles. The van der Waals surface area contributed by atoms with Gasteiger partial charge in [-0.25, -0.2) is 4.39 Å². The number of carbonyl (C=O) groups excluding carboxylic acids is 1. The number of aromatic nitrogens is 1. The highest BCUT2D eigenvalue weighted by Crippen LogP contribution is 2.30. The molecule has 0 saturated carbocycles. The van der Waals surface area contributed by atoms with Gasteiger partial charge in [-0.15, -0.1) is 0 Å². The number of halogens is 1. The quantitative estimate of drug-likeness (QED) is 0.514. The number of hydrogen-bond acceptors (Lipinski definition) is 4. The van der Waals surface area contributed by atoms with Gasteiger partial charge in [0.05, 0.1) is 6.54 Å². The molecule has 5 nitrogen and oxygen atoms in total. The Bertz CT molecular complexity index is 1080. The first-order valence-electron chi connectivity index (χ1n) is 8.85. The number of rotatable bonds is 3. The van der Waals surface area contributed by atoms with Crippen LogP contribution in [0.1, 0.15) is 16.8 Å². The van der Waals surface area contributed by atoms with Crippen molar-refractivity contribution in [2.24, 2.45) is 0 Å². The monoisotopic (exact) mass is 373 g/mol. The number of fused-ring (bicyclic) bond motifs is 1. The van der Waals surface area contributed by atoms with E-state index in [4.69, 9.17) is 4.52 Å². The Morgan fingerprint density at radius 3 is 2.64 bits per heavy atom. The lowest BCUT2D eigenvalue weighted by molar-refractivity contribution is -0.127. The van der Waals surface area contributed by atoms with Crippen molar-refractivity contribution in [3.05, 3.63) is 82.8 Å². The summed E-state index contributed by atoms with van der Waals surface area (Å²) >= 11 is 0. The number of hydrogen-bond donors (Lipinski definition) is 0. The van der Waals surface area contributed by atoms with E-state index in [1.165, 1.54) is 12.1 Å². The van der Waals surface area contributed by atoms with Gasteiger partial charge in [0.15, 0.2) is 5.76 Å². The summed E-state index contributed by atoms with van der Waals surface area (Å²) in [4.78, 5) is 14.4. The van der Waals surface area contributed by atoms with E-state index in [9.17, 15) is 14.4 Å². The van der Waals surface area contributed by atoms with Crippen molar-refractivity contribution in [3.8, 4) is 17.4 Å². The molecule has 2 aromatic carbocycles. The minimum Gasteiger partial charge on any atom is -0.356 e. The number of nitrogens with zero attached hydrogens (tertiary/aromatic N) is 3. The van der Waals surface area contributed by atoms with E-state index in [2.05, 4.69) is 5.16 Å². The predicted molar refractivity (Wildman–Crippen MR) is 101 cm³/mol. The standard InChI is InChI=1S/C22H16FN3O2/c23-18-8-6-16(7-9-18)21-19-10-11-26(14-20(19)25-28-21)22(27)17(13-24)12-15-4-2-1-3-5-15/h1-9,12H,10-11,14H2/b17-12+. The molecule has 0 radical (unpaired) electrons. The molecule has 6 heteroatoms. The van der Waals surface area contributed by atoms with Gasteiger partial charge in [-0.2, -0.15) is 5.26 Å². The zero-order valence-corrected chi connectivity index (χ0v) is 14.9. The van der Waals surface area contributed by atoms with Crippen molar-refractivity contribution in [1.82, 2.24) is 10.1 Å². The number of carbonyl (C=O) groups is 1. The fourth-order valence-electron chi connectivity index (χ4n) is 3.26. The zero-order valence-electron chi connectivity index (χ0n) is 14.9. The van der Waals surface area contributed by atoms with E-state index in [1.807, 2.05) is 36.4 Å². The minimum atomic E-state index is -0.330. The Morgan fingerprint density at radius 2 is 1.93 bits per heavy atom. The number of amides is 1. The van der Waals surface area contributed by atoms with Gasteiger partial charge >= 0.3 is 0 Å². The molecule has 1 aliphatic heterocycles. The summed E-state index contributed by atoms with van der Waals surface area (Å²) in [6.45, 7) is 0.724. The molecule has 1 aromatic heterocycles. The molecular weight excluding hydrogens is 357 g/mol. The van der Waals surface area contributed by atoms with Crippen LogP contribution in [0.4, 0.5) is 4.39 Å². The van der Waals surface area contributed by atoms with E-state index in [0.29, 0.717) is 24.4 Å². The van der Waals surface area contributed by atoms with E-state index in [1.54, 1.807) is 23.1 Å². The van der Waals surface area contributed by atoms with Crippen LogP contribution in [0.25, 0.3) is 17.4 Å². The highest BCUT2D eigenvalue weighted by Gasteiger charge is 2.28. The fourth-order valence-corrected chi connectivity index (χ4v) is 3.26. The van der Waals surface area contributed by atoms with Crippen molar-refractivity contribution in [2.75, 3.05) is 6.54 Å². The van der Waals surface area contributed by atoms with Gasteiger partial charge in [0.2, 0.25) is 0 Å². The van der Waals surface area contributed by atoms with E-state index < -0.39 is 0 Å².